The molecule has 1 aromatic carbocycles. The first kappa shape index (κ1) is 13.8. The van der Waals surface area contributed by atoms with Crippen LogP contribution in [0.5, 0.6) is 11.5 Å². The Morgan fingerprint density at radius 1 is 1.26 bits per heavy atom. The van der Waals surface area contributed by atoms with Crippen molar-refractivity contribution in [2.75, 3.05) is 0 Å². The van der Waals surface area contributed by atoms with Crippen molar-refractivity contribution < 1.29 is 4.74 Å². The Morgan fingerprint density at radius 3 is 2.58 bits per heavy atom. The van der Waals surface area contributed by atoms with Crippen LogP contribution in [0.3, 0.4) is 0 Å². The van der Waals surface area contributed by atoms with Gasteiger partial charge in [0.2, 0.25) is 0 Å². The molecule has 0 radical (unpaired) electrons. The van der Waals surface area contributed by atoms with Gasteiger partial charge in [-0.2, -0.15) is 0 Å². The van der Waals surface area contributed by atoms with Gasteiger partial charge in [0, 0.05) is 11.1 Å². The lowest BCUT2D eigenvalue weighted by Crippen LogP contribution is -2.10. The lowest BCUT2D eigenvalue weighted by Gasteiger charge is -2.10. The van der Waals surface area contributed by atoms with E-state index in [9.17, 15) is 0 Å². The maximum atomic E-state index is 5.97. The second-order valence-electron chi connectivity index (χ2n) is 4.45. The summed E-state index contributed by atoms with van der Waals surface area (Å²) in [6.07, 6.45) is 2.55. The minimum atomic E-state index is -0.0215. The van der Waals surface area contributed by atoms with E-state index in [0.717, 1.165) is 28.5 Å². The van der Waals surface area contributed by atoms with Gasteiger partial charge >= 0.3 is 0 Å². The van der Waals surface area contributed by atoms with E-state index in [1.165, 1.54) is 0 Å². The minimum Gasteiger partial charge on any atom is -0.456 e. The third-order valence-corrected chi connectivity index (χ3v) is 3.37. The van der Waals surface area contributed by atoms with Crippen molar-refractivity contribution in [2.24, 2.45) is 5.73 Å². The number of aryl methyl sites for hydroxylation is 1. The van der Waals surface area contributed by atoms with Crippen LogP contribution >= 0.6 is 11.6 Å². The average Bonchev–Trinajstić information content (AvgIpc) is 2.43. The molecule has 1 heterocycles. The fraction of sp³-hybridized carbons (Fsp3) is 0.267. The normalized spacial score (nSPS) is 12.2. The smallest absolute Gasteiger partial charge is 0.145 e. The maximum Gasteiger partial charge on any atom is 0.145 e. The fourth-order valence-electron chi connectivity index (χ4n) is 1.70. The Balaban J connectivity index is 2.12. The van der Waals surface area contributed by atoms with Crippen molar-refractivity contribution in [3.05, 3.63) is 52.8 Å². The van der Waals surface area contributed by atoms with Crippen LogP contribution in [0, 0.1) is 6.92 Å². The zero-order valence-corrected chi connectivity index (χ0v) is 11.8. The molecular weight excluding hydrogens is 260 g/mol. The Kier molecular flexibility index (Phi) is 4.40. The molecule has 2 aromatic rings. The Labute approximate surface area is 118 Å². The molecule has 0 spiro atoms. The molecule has 0 saturated carbocycles. The number of aromatic nitrogens is 1. The van der Waals surface area contributed by atoms with Crippen LogP contribution in [0.4, 0.5) is 0 Å². The molecule has 1 aromatic heterocycles. The van der Waals surface area contributed by atoms with Crippen LogP contribution in [0.2, 0.25) is 5.02 Å². The fourth-order valence-corrected chi connectivity index (χ4v) is 1.81. The summed E-state index contributed by atoms with van der Waals surface area (Å²) < 4.78 is 5.72. The van der Waals surface area contributed by atoms with E-state index in [1.54, 1.807) is 6.20 Å². The largest absolute Gasteiger partial charge is 0.456 e. The molecule has 0 bridgehead atoms. The summed E-state index contributed by atoms with van der Waals surface area (Å²) in [5, 5.41) is 0.731. The van der Waals surface area contributed by atoms with E-state index in [2.05, 4.69) is 4.98 Å². The summed E-state index contributed by atoms with van der Waals surface area (Å²) in [6, 6.07) is 9.30. The van der Waals surface area contributed by atoms with Gasteiger partial charge in [-0.3, -0.25) is 4.98 Å². The van der Waals surface area contributed by atoms with Crippen LogP contribution in [0.15, 0.2) is 36.5 Å². The second kappa shape index (κ2) is 6.04. The number of pyridine rings is 1. The molecule has 2 rings (SSSR count). The van der Waals surface area contributed by atoms with Crippen LogP contribution < -0.4 is 10.5 Å². The molecule has 0 saturated heterocycles. The van der Waals surface area contributed by atoms with Gasteiger partial charge in [-0.1, -0.05) is 18.5 Å². The van der Waals surface area contributed by atoms with E-state index in [4.69, 9.17) is 22.1 Å². The predicted octanol–water partition coefficient (Wildman–Crippen LogP) is 4.25. The highest BCUT2D eigenvalue weighted by molar-refractivity contribution is 6.31. The number of rotatable bonds is 4. The van der Waals surface area contributed by atoms with E-state index < -0.39 is 0 Å². The lowest BCUT2D eigenvalue weighted by molar-refractivity contribution is 0.478. The highest BCUT2D eigenvalue weighted by atomic mass is 35.5. The summed E-state index contributed by atoms with van der Waals surface area (Å²) in [4.78, 5) is 4.31. The van der Waals surface area contributed by atoms with Crippen LogP contribution in [-0.2, 0) is 0 Å². The number of hydrogen-bond acceptors (Lipinski definition) is 3. The van der Waals surface area contributed by atoms with Crippen molar-refractivity contribution in [2.45, 2.75) is 26.3 Å². The Morgan fingerprint density at radius 2 is 2.00 bits per heavy atom. The first-order chi connectivity index (χ1) is 9.10. The summed E-state index contributed by atoms with van der Waals surface area (Å²) in [5.41, 5.74) is 7.78. The van der Waals surface area contributed by atoms with E-state index in [0.29, 0.717) is 5.75 Å². The molecule has 0 amide bonds. The zero-order valence-electron chi connectivity index (χ0n) is 11.1. The molecule has 1 unspecified atom stereocenters. The Hall–Kier alpha value is -1.58. The molecule has 4 heteroatoms. The van der Waals surface area contributed by atoms with Gasteiger partial charge in [0.05, 0.1) is 11.9 Å². The third-order valence-electron chi connectivity index (χ3n) is 2.94. The monoisotopic (exact) mass is 276 g/mol. The predicted molar refractivity (Wildman–Crippen MR) is 77.7 cm³/mol. The highest BCUT2D eigenvalue weighted by Gasteiger charge is 2.05. The van der Waals surface area contributed by atoms with Crippen molar-refractivity contribution in [1.29, 1.82) is 0 Å². The van der Waals surface area contributed by atoms with Crippen LogP contribution in [0.25, 0.3) is 0 Å². The lowest BCUT2D eigenvalue weighted by atomic mass is 10.1. The van der Waals surface area contributed by atoms with Gasteiger partial charge in [0.15, 0.2) is 0 Å². The molecule has 1 atom stereocenters. The number of benzene rings is 1. The molecule has 3 nitrogen and oxygen atoms in total. The molecular formula is C15H17ClN2O. The summed E-state index contributed by atoms with van der Waals surface area (Å²) >= 11 is 5.97. The second-order valence-corrected chi connectivity index (χ2v) is 4.85. The number of hydrogen-bond donors (Lipinski definition) is 1. The first-order valence-corrected chi connectivity index (χ1v) is 6.63. The van der Waals surface area contributed by atoms with Crippen LogP contribution in [0.1, 0.15) is 30.6 Å². The zero-order chi connectivity index (χ0) is 13.8. The first-order valence-electron chi connectivity index (χ1n) is 6.25. The van der Waals surface area contributed by atoms with Gasteiger partial charge in [0.1, 0.15) is 11.5 Å². The molecule has 2 N–H and O–H groups in total. The average molecular weight is 277 g/mol. The van der Waals surface area contributed by atoms with E-state index in [-0.39, 0.29) is 6.04 Å². The van der Waals surface area contributed by atoms with Gasteiger partial charge in [-0.25, -0.2) is 0 Å². The summed E-state index contributed by atoms with van der Waals surface area (Å²) in [7, 11) is 0. The third kappa shape index (κ3) is 3.46. The molecule has 0 aliphatic carbocycles. The van der Waals surface area contributed by atoms with Crippen LogP contribution in [-0.4, -0.2) is 4.98 Å². The SMILES string of the molecule is CCC(N)c1ccc(Oc2ccc(Cl)c(C)c2)cn1. The van der Waals surface area contributed by atoms with E-state index in [1.807, 2.05) is 44.2 Å². The molecule has 19 heavy (non-hydrogen) atoms. The summed E-state index contributed by atoms with van der Waals surface area (Å²) in [5.74, 6) is 1.44. The Bertz CT molecular complexity index is 555. The molecule has 0 aliphatic rings. The number of ether oxygens (including phenoxy) is 1. The van der Waals surface area contributed by atoms with Crippen molar-refractivity contribution >= 4 is 11.6 Å². The highest BCUT2D eigenvalue weighted by Crippen LogP contribution is 2.26. The molecule has 0 aliphatic heterocycles. The van der Waals surface area contributed by atoms with Gasteiger partial charge < -0.3 is 10.5 Å². The standard InChI is InChI=1S/C15H17ClN2O/c1-3-14(17)15-7-5-12(9-18-15)19-11-4-6-13(16)10(2)8-11/h4-9,14H,3,17H2,1-2H3. The number of nitrogens with two attached hydrogens (primary N) is 1. The topological polar surface area (TPSA) is 48.1 Å². The van der Waals surface area contributed by atoms with Crippen molar-refractivity contribution in [3.8, 4) is 11.5 Å². The summed E-state index contributed by atoms with van der Waals surface area (Å²) in [6.45, 7) is 3.98. The molecule has 100 valence electrons. The van der Waals surface area contributed by atoms with Crippen molar-refractivity contribution in [3.63, 3.8) is 0 Å². The number of nitrogens with zero attached hydrogens (tertiary/aromatic N) is 1. The van der Waals surface area contributed by atoms with Crippen molar-refractivity contribution in [1.82, 2.24) is 4.98 Å². The van der Waals surface area contributed by atoms with Gasteiger partial charge in [-0.15, -0.1) is 0 Å². The van der Waals surface area contributed by atoms with Gasteiger partial charge in [0.25, 0.3) is 0 Å². The van der Waals surface area contributed by atoms with Gasteiger partial charge in [-0.05, 0) is 49.2 Å². The maximum absolute atomic E-state index is 5.97. The quantitative estimate of drug-likeness (QED) is 0.908. The van der Waals surface area contributed by atoms with E-state index >= 15 is 0 Å². The molecule has 0 fully saturated rings. The minimum absolute atomic E-state index is 0.0215. The number of halogens is 1.